The summed E-state index contributed by atoms with van der Waals surface area (Å²) in [5.74, 6) is 0. The van der Waals surface area contributed by atoms with E-state index in [2.05, 4.69) is 37.7 Å². The van der Waals surface area contributed by atoms with Gasteiger partial charge in [-0.25, -0.2) is 4.98 Å². The van der Waals surface area contributed by atoms with E-state index in [9.17, 15) is 0 Å². The number of fused-ring (bicyclic) bond motifs is 1. The van der Waals surface area contributed by atoms with E-state index in [1.165, 1.54) is 0 Å². The van der Waals surface area contributed by atoms with Crippen LogP contribution < -0.4 is 5.46 Å². The fourth-order valence-corrected chi connectivity index (χ4v) is 2.16. The molecule has 4 nitrogen and oxygen atoms in total. The lowest BCUT2D eigenvalue weighted by Crippen LogP contribution is -2.41. The van der Waals surface area contributed by atoms with E-state index < -0.39 is 0 Å². The summed E-state index contributed by atoms with van der Waals surface area (Å²) in [4.78, 5) is 7.38. The average Bonchev–Trinajstić information content (AvgIpc) is 2.94. The summed E-state index contributed by atoms with van der Waals surface area (Å²) in [6.07, 6.45) is 3.66. The summed E-state index contributed by atoms with van der Waals surface area (Å²) in [5.41, 5.74) is 1.26. The molecule has 2 aromatic heterocycles. The van der Waals surface area contributed by atoms with Crippen LogP contribution in [0.1, 0.15) is 41.5 Å². The molecule has 3 rings (SSSR count). The zero-order valence-corrected chi connectivity index (χ0v) is 13.2. The lowest BCUT2D eigenvalue weighted by atomic mass is 9.78. The number of rotatable bonds is 1. The van der Waals surface area contributed by atoms with Crippen molar-refractivity contribution in [3.63, 3.8) is 0 Å². The minimum atomic E-state index is -0.337. The normalized spacial score (nSPS) is 19.8. The van der Waals surface area contributed by atoms with E-state index in [0.717, 1.165) is 16.5 Å². The average molecular weight is 274 g/mol. The zero-order chi connectivity index (χ0) is 15.0. The minimum Gasteiger partial charge on any atom is -0.399 e. The van der Waals surface area contributed by atoms with Crippen LogP contribution in [0.4, 0.5) is 0 Å². The Kier molecular flexibility index (Phi) is 3.94. The van der Waals surface area contributed by atoms with Crippen LogP contribution >= 0.6 is 0 Å². The van der Waals surface area contributed by atoms with Crippen molar-refractivity contribution in [1.82, 2.24) is 9.97 Å². The molecule has 2 aromatic rings. The molecule has 1 aliphatic heterocycles. The van der Waals surface area contributed by atoms with Crippen molar-refractivity contribution in [1.29, 1.82) is 0 Å². The molecule has 1 fully saturated rings. The third kappa shape index (κ3) is 2.36. The van der Waals surface area contributed by atoms with E-state index in [-0.39, 0.29) is 18.3 Å². The smallest absolute Gasteiger partial charge is 0.399 e. The first-order valence-corrected chi connectivity index (χ1v) is 7.18. The molecule has 0 saturated carbocycles. The second kappa shape index (κ2) is 5.22. The highest BCUT2D eigenvalue weighted by Gasteiger charge is 2.52. The van der Waals surface area contributed by atoms with Crippen molar-refractivity contribution in [3.05, 3.63) is 24.5 Å². The highest BCUT2D eigenvalue weighted by molar-refractivity contribution is 6.65. The van der Waals surface area contributed by atoms with Gasteiger partial charge in [-0.3, -0.25) is 0 Å². The number of nitrogens with one attached hydrogen (secondary N) is 1. The Morgan fingerprint density at radius 1 is 1.05 bits per heavy atom. The molecule has 0 unspecified atom stereocenters. The van der Waals surface area contributed by atoms with E-state index in [0.29, 0.717) is 0 Å². The lowest BCUT2D eigenvalue weighted by Gasteiger charge is -2.32. The summed E-state index contributed by atoms with van der Waals surface area (Å²) in [7, 11) is -0.337. The van der Waals surface area contributed by atoms with Gasteiger partial charge in [-0.05, 0) is 45.3 Å². The van der Waals surface area contributed by atoms with Crippen LogP contribution in [0.2, 0.25) is 0 Å². The summed E-state index contributed by atoms with van der Waals surface area (Å²) in [6, 6.07) is 3.96. The number of nitrogens with zero attached hydrogens (tertiary/aromatic N) is 1. The van der Waals surface area contributed by atoms with Crippen molar-refractivity contribution >= 4 is 23.6 Å². The van der Waals surface area contributed by atoms with Crippen LogP contribution in [0, 0.1) is 0 Å². The first kappa shape index (κ1) is 15.1. The molecule has 5 heteroatoms. The first-order valence-electron chi connectivity index (χ1n) is 7.18. The molecule has 1 aliphatic rings. The van der Waals surface area contributed by atoms with Crippen molar-refractivity contribution in [3.8, 4) is 0 Å². The second-order valence-corrected chi connectivity index (χ2v) is 5.73. The summed E-state index contributed by atoms with van der Waals surface area (Å²) < 4.78 is 12.1. The maximum Gasteiger partial charge on any atom is 0.495 e. The molecule has 0 amide bonds. The number of H-pyrrole nitrogens is 1. The largest absolute Gasteiger partial charge is 0.495 e. The molecule has 108 valence electrons. The van der Waals surface area contributed by atoms with Gasteiger partial charge >= 0.3 is 7.12 Å². The number of hydrogen-bond acceptors (Lipinski definition) is 3. The second-order valence-electron chi connectivity index (χ2n) is 5.73. The van der Waals surface area contributed by atoms with Crippen molar-refractivity contribution in [2.75, 3.05) is 0 Å². The van der Waals surface area contributed by atoms with Crippen molar-refractivity contribution < 1.29 is 9.31 Å². The summed E-state index contributed by atoms with van der Waals surface area (Å²) in [5, 5.41) is 1.05. The Morgan fingerprint density at radius 2 is 1.65 bits per heavy atom. The van der Waals surface area contributed by atoms with Crippen LogP contribution in [0.15, 0.2) is 24.5 Å². The summed E-state index contributed by atoms with van der Waals surface area (Å²) in [6.45, 7) is 12.2. The van der Waals surface area contributed by atoms with Crippen LogP contribution in [0.5, 0.6) is 0 Å². The van der Waals surface area contributed by atoms with Crippen molar-refractivity contribution in [2.24, 2.45) is 0 Å². The number of aromatic nitrogens is 2. The van der Waals surface area contributed by atoms with Crippen LogP contribution in [-0.4, -0.2) is 28.3 Å². The van der Waals surface area contributed by atoms with E-state index in [1.54, 1.807) is 6.20 Å². The van der Waals surface area contributed by atoms with E-state index >= 15 is 0 Å². The third-order valence-electron chi connectivity index (χ3n) is 4.00. The molecule has 0 atom stereocenters. The lowest BCUT2D eigenvalue weighted by molar-refractivity contribution is 0.00578. The van der Waals surface area contributed by atoms with Gasteiger partial charge in [-0.15, -0.1) is 0 Å². The molecule has 20 heavy (non-hydrogen) atoms. The Hall–Kier alpha value is -1.33. The first-order chi connectivity index (χ1) is 9.41. The molecule has 0 radical (unpaired) electrons. The molecule has 0 aromatic carbocycles. The Morgan fingerprint density at radius 3 is 2.25 bits per heavy atom. The van der Waals surface area contributed by atoms with Gasteiger partial charge in [0, 0.05) is 17.8 Å². The van der Waals surface area contributed by atoms with Crippen molar-refractivity contribution in [2.45, 2.75) is 52.7 Å². The Labute approximate surface area is 121 Å². The predicted molar refractivity (Wildman–Crippen MR) is 83.2 cm³/mol. The number of aromatic amines is 1. The fraction of sp³-hybridized carbons (Fsp3) is 0.533. The highest BCUT2D eigenvalue weighted by atomic mass is 16.7. The van der Waals surface area contributed by atoms with Gasteiger partial charge in [0.2, 0.25) is 0 Å². The molecule has 0 aliphatic carbocycles. The van der Waals surface area contributed by atoms with E-state index in [4.69, 9.17) is 9.31 Å². The topological polar surface area (TPSA) is 47.1 Å². The highest BCUT2D eigenvalue weighted by Crippen LogP contribution is 2.36. The van der Waals surface area contributed by atoms with Crippen LogP contribution in [-0.2, 0) is 9.31 Å². The zero-order valence-electron chi connectivity index (χ0n) is 13.2. The van der Waals surface area contributed by atoms with Gasteiger partial charge in [-0.2, -0.15) is 0 Å². The Bertz CT molecular complexity index is 576. The van der Waals surface area contributed by atoms with Gasteiger partial charge in [-0.1, -0.05) is 13.8 Å². The predicted octanol–water partition coefficient (Wildman–Crippen LogP) is 2.89. The maximum absolute atomic E-state index is 6.06. The molecule has 0 bridgehead atoms. The quantitative estimate of drug-likeness (QED) is 0.813. The van der Waals surface area contributed by atoms with Gasteiger partial charge in [0.1, 0.15) is 5.65 Å². The fourth-order valence-electron chi connectivity index (χ4n) is 2.16. The standard InChI is InChI=1S/C13H17BN2O2.C2H6/c1-12(2)13(3,4)18-14(17-12)10-6-8-16-11-9(10)5-7-15-11;1-2/h5-8H,1-4H3,(H,15,16);1-2H3. The third-order valence-corrected chi connectivity index (χ3v) is 4.00. The van der Waals surface area contributed by atoms with Gasteiger partial charge < -0.3 is 14.3 Å². The van der Waals surface area contributed by atoms with E-state index in [1.807, 2.05) is 32.2 Å². The SMILES string of the molecule is CC.CC1(C)OB(c2ccnc3[nH]ccc23)OC1(C)C. The molecular weight excluding hydrogens is 251 g/mol. The number of pyridine rings is 1. The summed E-state index contributed by atoms with van der Waals surface area (Å²) >= 11 is 0. The van der Waals surface area contributed by atoms with Crippen LogP contribution in [0.3, 0.4) is 0 Å². The monoisotopic (exact) mass is 274 g/mol. The molecular formula is C15H23BN2O2. The molecule has 0 spiro atoms. The number of hydrogen-bond donors (Lipinski definition) is 1. The maximum atomic E-state index is 6.06. The molecule has 3 heterocycles. The van der Waals surface area contributed by atoms with Gasteiger partial charge in [0.05, 0.1) is 11.2 Å². The molecule has 1 saturated heterocycles. The molecule has 1 N–H and O–H groups in total. The van der Waals surface area contributed by atoms with Crippen LogP contribution in [0.25, 0.3) is 11.0 Å². The van der Waals surface area contributed by atoms with Gasteiger partial charge in [0.15, 0.2) is 0 Å². The van der Waals surface area contributed by atoms with Gasteiger partial charge in [0.25, 0.3) is 0 Å². The minimum absolute atomic E-state index is 0.316. The Balaban J connectivity index is 0.000000704.